The summed E-state index contributed by atoms with van der Waals surface area (Å²) in [5.41, 5.74) is 0. The van der Waals surface area contributed by atoms with Crippen LogP contribution < -0.4 is 0 Å². The third-order valence-electron chi connectivity index (χ3n) is 3.63. The fourth-order valence-electron chi connectivity index (χ4n) is 2.96. The summed E-state index contributed by atoms with van der Waals surface area (Å²) in [6.07, 6.45) is 13.3. The van der Waals surface area contributed by atoms with Crippen LogP contribution in [0.4, 0.5) is 0 Å². The van der Waals surface area contributed by atoms with E-state index in [2.05, 4.69) is 19.1 Å². The van der Waals surface area contributed by atoms with Crippen LogP contribution in [0.2, 0.25) is 0 Å². The summed E-state index contributed by atoms with van der Waals surface area (Å²) in [6.45, 7) is 2.32. The predicted molar refractivity (Wildman–Crippen MR) is 53.0 cm³/mol. The number of allylic oxidation sites excluding steroid dienone is 2. The summed E-state index contributed by atoms with van der Waals surface area (Å²) in [6, 6.07) is 0. The van der Waals surface area contributed by atoms with Crippen molar-refractivity contribution in [3.8, 4) is 0 Å². The van der Waals surface area contributed by atoms with Gasteiger partial charge in [0.2, 0.25) is 0 Å². The summed E-state index contributed by atoms with van der Waals surface area (Å²) in [5, 5.41) is 0. The van der Waals surface area contributed by atoms with Crippen molar-refractivity contribution >= 4 is 0 Å². The van der Waals surface area contributed by atoms with Crippen molar-refractivity contribution in [2.45, 2.75) is 45.4 Å². The number of hydrogen-bond donors (Lipinski definition) is 0. The van der Waals surface area contributed by atoms with Gasteiger partial charge < -0.3 is 0 Å². The first kappa shape index (κ1) is 8.34. The topological polar surface area (TPSA) is 0 Å². The van der Waals surface area contributed by atoms with Gasteiger partial charge in [-0.2, -0.15) is 0 Å². The second-order valence-corrected chi connectivity index (χ2v) is 4.41. The third-order valence-corrected chi connectivity index (χ3v) is 3.63. The maximum Gasteiger partial charge on any atom is -0.0348 e. The zero-order chi connectivity index (χ0) is 8.39. The maximum absolute atomic E-state index is 2.39. The van der Waals surface area contributed by atoms with Gasteiger partial charge in [0, 0.05) is 0 Å². The molecule has 2 aliphatic rings. The zero-order valence-corrected chi connectivity index (χ0v) is 8.13. The van der Waals surface area contributed by atoms with Crippen molar-refractivity contribution in [2.24, 2.45) is 17.8 Å². The molecule has 1 unspecified atom stereocenters. The molecule has 0 heteroatoms. The minimum absolute atomic E-state index is 1.12. The van der Waals surface area contributed by atoms with E-state index in [9.17, 15) is 0 Å². The van der Waals surface area contributed by atoms with Crippen molar-refractivity contribution in [1.82, 2.24) is 0 Å². The van der Waals surface area contributed by atoms with E-state index in [0.29, 0.717) is 0 Å². The summed E-state index contributed by atoms with van der Waals surface area (Å²) in [5.74, 6) is 3.36. The van der Waals surface area contributed by atoms with Crippen LogP contribution in [0.3, 0.4) is 0 Å². The summed E-state index contributed by atoms with van der Waals surface area (Å²) >= 11 is 0. The molecule has 0 radical (unpaired) electrons. The highest BCUT2D eigenvalue weighted by atomic mass is 14.5. The molecule has 68 valence electrons. The third kappa shape index (κ3) is 1.57. The van der Waals surface area contributed by atoms with Gasteiger partial charge in [-0.1, -0.05) is 31.9 Å². The first-order chi connectivity index (χ1) is 5.93. The highest BCUT2D eigenvalue weighted by Gasteiger charge is 2.47. The molecule has 1 saturated carbocycles. The molecule has 2 aliphatic carbocycles. The number of fused-ring (bicyclic) bond motifs is 1. The van der Waals surface area contributed by atoms with Crippen LogP contribution in [-0.2, 0) is 0 Å². The predicted octanol–water partition coefficient (Wildman–Crippen LogP) is 3.78. The maximum atomic E-state index is 2.39. The Morgan fingerprint density at radius 1 is 1.08 bits per heavy atom. The minimum atomic E-state index is 1.12. The molecule has 0 saturated heterocycles. The van der Waals surface area contributed by atoms with Crippen molar-refractivity contribution < 1.29 is 0 Å². The molecule has 2 rings (SSSR count). The lowest BCUT2D eigenvalue weighted by Crippen LogP contribution is -1.85. The van der Waals surface area contributed by atoms with Crippen molar-refractivity contribution in [3.05, 3.63) is 12.2 Å². The van der Waals surface area contributed by atoms with Gasteiger partial charge in [-0.15, -0.1) is 0 Å². The van der Waals surface area contributed by atoms with Crippen molar-refractivity contribution in [3.63, 3.8) is 0 Å². The highest BCUT2D eigenvalue weighted by Crippen LogP contribution is 2.54. The molecule has 0 amide bonds. The Balaban J connectivity index is 1.85. The number of hydrogen-bond acceptors (Lipinski definition) is 0. The van der Waals surface area contributed by atoms with Gasteiger partial charge in [-0.25, -0.2) is 0 Å². The second kappa shape index (κ2) is 3.64. The van der Waals surface area contributed by atoms with Crippen LogP contribution in [0.5, 0.6) is 0 Å². The van der Waals surface area contributed by atoms with Crippen molar-refractivity contribution in [2.75, 3.05) is 0 Å². The van der Waals surface area contributed by atoms with Gasteiger partial charge in [0.05, 0.1) is 0 Å². The molecule has 0 bridgehead atoms. The summed E-state index contributed by atoms with van der Waals surface area (Å²) in [4.78, 5) is 0. The highest BCUT2D eigenvalue weighted by molar-refractivity contribution is 5.00. The van der Waals surface area contributed by atoms with E-state index in [1.807, 2.05) is 0 Å². The quantitative estimate of drug-likeness (QED) is 0.545. The smallest absolute Gasteiger partial charge is 0.0348 e. The van der Waals surface area contributed by atoms with E-state index in [1.54, 1.807) is 0 Å². The lowest BCUT2D eigenvalue weighted by molar-refractivity contribution is 0.604. The van der Waals surface area contributed by atoms with E-state index in [-0.39, 0.29) is 0 Å². The molecule has 0 aromatic heterocycles. The van der Waals surface area contributed by atoms with E-state index in [4.69, 9.17) is 0 Å². The van der Waals surface area contributed by atoms with Crippen LogP contribution in [0.25, 0.3) is 0 Å². The summed E-state index contributed by atoms with van der Waals surface area (Å²) < 4.78 is 0. The average Bonchev–Trinajstić information content (AvgIpc) is 2.61. The molecule has 0 aromatic rings. The van der Waals surface area contributed by atoms with Crippen LogP contribution in [0, 0.1) is 17.8 Å². The van der Waals surface area contributed by atoms with Crippen LogP contribution >= 0.6 is 0 Å². The molecular weight excluding hydrogens is 144 g/mol. The SMILES string of the molecule is CCCC1[C@H]2CC/C=C/CC[C@@H]12. The molecule has 1 fully saturated rings. The Labute approximate surface area is 76.1 Å². The lowest BCUT2D eigenvalue weighted by atomic mass is 10.1. The normalized spacial score (nSPS) is 42.6. The number of rotatable bonds is 2. The molecule has 12 heavy (non-hydrogen) atoms. The molecule has 0 spiro atoms. The Bertz CT molecular complexity index is 153. The fraction of sp³-hybridized carbons (Fsp3) is 0.833. The average molecular weight is 164 g/mol. The van der Waals surface area contributed by atoms with Crippen LogP contribution in [0.1, 0.15) is 45.4 Å². The second-order valence-electron chi connectivity index (χ2n) is 4.41. The Morgan fingerprint density at radius 3 is 2.17 bits per heavy atom. The first-order valence-corrected chi connectivity index (χ1v) is 5.58. The van der Waals surface area contributed by atoms with E-state index < -0.39 is 0 Å². The minimum Gasteiger partial charge on any atom is -0.0885 e. The standard InChI is InChI=1S/C12H20/c1-2-7-10-11-8-5-3-4-6-9-12(10)11/h3-4,10-12H,2,5-9H2,1H3/b4-3+/t10?,11-,12+. The Hall–Kier alpha value is -0.260. The molecular formula is C12H20. The van der Waals surface area contributed by atoms with Gasteiger partial charge >= 0.3 is 0 Å². The molecule has 3 atom stereocenters. The van der Waals surface area contributed by atoms with E-state index in [0.717, 1.165) is 17.8 Å². The van der Waals surface area contributed by atoms with Crippen molar-refractivity contribution in [1.29, 1.82) is 0 Å². The lowest BCUT2D eigenvalue weighted by Gasteiger charge is -1.99. The first-order valence-electron chi connectivity index (χ1n) is 5.58. The van der Waals surface area contributed by atoms with Gasteiger partial charge in [0.1, 0.15) is 0 Å². The van der Waals surface area contributed by atoms with Gasteiger partial charge in [-0.3, -0.25) is 0 Å². The van der Waals surface area contributed by atoms with Gasteiger partial charge in [0.15, 0.2) is 0 Å². The molecule has 0 aromatic carbocycles. The molecule has 0 heterocycles. The Kier molecular flexibility index (Phi) is 2.53. The molecule has 0 N–H and O–H groups in total. The van der Waals surface area contributed by atoms with E-state index in [1.165, 1.54) is 38.5 Å². The summed E-state index contributed by atoms with van der Waals surface area (Å²) in [7, 11) is 0. The van der Waals surface area contributed by atoms with Crippen LogP contribution in [0.15, 0.2) is 12.2 Å². The van der Waals surface area contributed by atoms with E-state index >= 15 is 0 Å². The molecule has 0 aliphatic heterocycles. The largest absolute Gasteiger partial charge is 0.0885 e. The van der Waals surface area contributed by atoms with Gasteiger partial charge in [0.25, 0.3) is 0 Å². The zero-order valence-electron chi connectivity index (χ0n) is 8.13. The monoisotopic (exact) mass is 164 g/mol. The van der Waals surface area contributed by atoms with Crippen LogP contribution in [-0.4, -0.2) is 0 Å². The van der Waals surface area contributed by atoms with Gasteiger partial charge in [-0.05, 0) is 43.4 Å². The fourth-order valence-corrected chi connectivity index (χ4v) is 2.96. The Morgan fingerprint density at radius 2 is 1.67 bits per heavy atom. The molecule has 0 nitrogen and oxygen atoms in total.